The van der Waals surface area contributed by atoms with Crippen LogP contribution in [0, 0.1) is 6.07 Å². The van der Waals surface area contributed by atoms with E-state index in [-0.39, 0.29) is 0 Å². The minimum absolute atomic E-state index is 0.351. The van der Waals surface area contributed by atoms with Gasteiger partial charge in [-0.15, -0.1) is 0 Å². The molecule has 0 atom stereocenters. The number of rotatable bonds is 2. The SMILES string of the molecule is FC(F)(F)c1cc(-c2ccncc2)n(-c2c[c]ccc2)n1. The largest absolute Gasteiger partial charge is 0.435 e. The number of halogens is 3. The van der Waals surface area contributed by atoms with Crippen molar-refractivity contribution < 1.29 is 13.2 Å². The lowest BCUT2D eigenvalue weighted by atomic mass is 10.2. The molecule has 0 fully saturated rings. The fraction of sp³-hybridized carbons (Fsp3) is 0.0667. The van der Waals surface area contributed by atoms with Gasteiger partial charge in [-0.05, 0) is 36.4 Å². The van der Waals surface area contributed by atoms with Crippen LogP contribution in [0.25, 0.3) is 16.9 Å². The van der Waals surface area contributed by atoms with E-state index in [4.69, 9.17) is 0 Å². The zero-order valence-corrected chi connectivity index (χ0v) is 10.7. The van der Waals surface area contributed by atoms with E-state index in [9.17, 15) is 13.2 Å². The van der Waals surface area contributed by atoms with Gasteiger partial charge in [0.05, 0.1) is 11.4 Å². The highest BCUT2D eigenvalue weighted by Crippen LogP contribution is 2.32. The maximum atomic E-state index is 12.9. The molecule has 0 saturated heterocycles. The molecule has 0 unspecified atom stereocenters. The number of aromatic nitrogens is 3. The first kappa shape index (κ1) is 13.4. The number of alkyl halides is 3. The average Bonchev–Trinajstić information content (AvgIpc) is 2.94. The molecule has 0 aliphatic rings. The number of hydrogen-bond acceptors (Lipinski definition) is 2. The molecular weight excluding hydrogens is 279 g/mol. The summed E-state index contributed by atoms with van der Waals surface area (Å²) in [7, 11) is 0. The predicted molar refractivity (Wildman–Crippen MR) is 70.6 cm³/mol. The van der Waals surface area contributed by atoms with E-state index in [0.29, 0.717) is 16.9 Å². The van der Waals surface area contributed by atoms with Crippen molar-refractivity contribution in [3.8, 4) is 16.9 Å². The van der Waals surface area contributed by atoms with Crippen molar-refractivity contribution in [1.29, 1.82) is 0 Å². The first-order valence-electron chi connectivity index (χ1n) is 6.10. The smallest absolute Gasteiger partial charge is 0.265 e. The Labute approximate surface area is 118 Å². The van der Waals surface area contributed by atoms with E-state index in [1.165, 1.54) is 17.1 Å². The van der Waals surface area contributed by atoms with E-state index in [1.807, 2.05) is 0 Å². The van der Waals surface area contributed by atoms with Gasteiger partial charge in [-0.1, -0.05) is 12.1 Å². The quantitative estimate of drug-likeness (QED) is 0.719. The summed E-state index contributed by atoms with van der Waals surface area (Å²) in [5.74, 6) is 0. The van der Waals surface area contributed by atoms with Crippen molar-refractivity contribution in [2.75, 3.05) is 0 Å². The van der Waals surface area contributed by atoms with Gasteiger partial charge in [0.1, 0.15) is 0 Å². The highest BCUT2D eigenvalue weighted by atomic mass is 19.4. The van der Waals surface area contributed by atoms with E-state index in [1.54, 1.807) is 36.4 Å². The minimum atomic E-state index is -4.49. The Kier molecular flexibility index (Phi) is 3.21. The molecule has 105 valence electrons. The average molecular weight is 288 g/mol. The van der Waals surface area contributed by atoms with E-state index >= 15 is 0 Å². The van der Waals surface area contributed by atoms with Crippen molar-refractivity contribution in [2.45, 2.75) is 6.18 Å². The van der Waals surface area contributed by atoms with E-state index < -0.39 is 11.9 Å². The topological polar surface area (TPSA) is 30.7 Å². The van der Waals surface area contributed by atoms with E-state index in [0.717, 1.165) is 6.07 Å². The summed E-state index contributed by atoms with van der Waals surface area (Å²) in [6.45, 7) is 0. The van der Waals surface area contributed by atoms with E-state index in [2.05, 4.69) is 16.1 Å². The van der Waals surface area contributed by atoms with Gasteiger partial charge in [-0.25, -0.2) is 4.68 Å². The third-order valence-corrected chi connectivity index (χ3v) is 2.91. The summed E-state index contributed by atoms with van der Waals surface area (Å²) in [6, 6.07) is 13.8. The Morgan fingerprint density at radius 1 is 1.10 bits per heavy atom. The molecule has 0 N–H and O–H groups in total. The van der Waals surface area contributed by atoms with Gasteiger partial charge in [-0.2, -0.15) is 18.3 Å². The third kappa shape index (κ3) is 2.65. The lowest BCUT2D eigenvalue weighted by molar-refractivity contribution is -0.141. The van der Waals surface area contributed by atoms with Gasteiger partial charge in [0.2, 0.25) is 0 Å². The van der Waals surface area contributed by atoms with Crippen molar-refractivity contribution in [2.24, 2.45) is 0 Å². The Balaban J connectivity index is 2.20. The lowest BCUT2D eigenvalue weighted by Crippen LogP contribution is -2.07. The minimum Gasteiger partial charge on any atom is -0.265 e. The first-order valence-corrected chi connectivity index (χ1v) is 6.10. The van der Waals surface area contributed by atoms with Gasteiger partial charge in [0.25, 0.3) is 0 Å². The van der Waals surface area contributed by atoms with Crippen LogP contribution in [-0.2, 0) is 6.18 Å². The normalized spacial score (nSPS) is 11.6. The Morgan fingerprint density at radius 2 is 1.86 bits per heavy atom. The molecule has 2 aromatic heterocycles. The molecule has 2 heterocycles. The summed E-state index contributed by atoms with van der Waals surface area (Å²) in [6.07, 6.45) is -1.44. The molecule has 0 bridgehead atoms. The molecule has 0 amide bonds. The summed E-state index contributed by atoms with van der Waals surface area (Å²) in [5, 5.41) is 3.68. The van der Waals surface area contributed by atoms with Crippen LogP contribution in [0.5, 0.6) is 0 Å². The molecule has 1 radical (unpaired) electrons. The summed E-state index contributed by atoms with van der Waals surface area (Å²) in [5.41, 5.74) is 0.541. The second-order valence-corrected chi connectivity index (χ2v) is 4.32. The van der Waals surface area contributed by atoms with Crippen molar-refractivity contribution in [3.63, 3.8) is 0 Å². The van der Waals surface area contributed by atoms with Gasteiger partial charge < -0.3 is 0 Å². The molecule has 3 nitrogen and oxygen atoms in total. The molecule has 6 heteroatoms. The molecule has 0 saturated carbocycles. The van der Waals surface area contributed by atoms with Gasteiger partial charge >= 0.3 is 6.18 Å². The fourth-order valence-corrected chi connectivity index (χ4v) is 1.96. The maximum absolute atomic E-state index is 12.9. The highest BCUT2D eigenvalue weighted by Gasteiger charge is 2.35. The van der Waals surface area contributed by atoms with Crippen LogP contribution in [-0.4, -0.2) is 14.8 Å². The van der Waals surface area contributed by atoms with Crippen LogP contribution < -0.4 is 0 Å². The molecule has 1 aromatic carbocycles. The molecular formula is C15H9F3N3. The molecule has 3 aromatic rings. The predicted octanol–water partition coefficient (Wildman–Crippen LogP) is 3.75. The number of hydrogen-bond donors (Lipinski definition) is 0. The standard InChI is InChI=1S/C15H9F3N3/c16-15(17,18)14-10-13(11-6-8-19-9-7-11)21(20-14)12-4-2-1-3-5-12/h1-2,4-10H. The second-order valence-electron chi connectivity index (χ2n) is 4.32. The zero-order valence-electron chi connectivity index (χ0n) is 10.7. The Bertz CT molecular complexity index is 677. The van der Waals surface area contributed by atoms with Gasteiger partial charge in [0, 0.05) is 18.0 Å². The zero-order chi connectivity index (χ0) is 14.9. The van der Waals surface area contributed by atoms with Gasteiger partial charge in [0.15, 0.2) is 5.69 Å². The number of nitrogens with zero attached hydrogens (tertiary/aromatic N) is 3. The summed E-state index contributed by atoms with van der Waals surface area (Å²) < 4.78 is 40.0. The Hall–Kier alpha value is -2.63. The Morgan fingerprint density at radius 3 is 2.48 bits per heavy atom. The van der Waals surface area contributed by atoms with Crippen LogP contribution in [0.1, 0.15) is 5.69 Å². The molecule has 21 heavy (non-hydrogen) atoms. The molecule has 0 aliphatic heterocycles. The van der Waals surface area contributed by atoms with Crippen LogP contribution in [0.15, 0.2) is 54.9 Å². The fourth-order valence-electron chi connectivity index (χ4n) is 1.96. The van der Waals surface area contributed by atoms with Crippen LogP contribution in [0.3, 0.4) is 0 Å². The summed E-state index contributed by atoms with van der Waals surface area (Å²) >= 11 is 0. The number of pyridine rings is 1. The van der Waals surface area contributed by atoms with Gasteiger partial charge in [-0.3, -0.25) is 4.98 Å². The molecule has 0 aliphatic carbocycles. The lowest BCUT2D eigenvalue weighted by Gasteiger charge is -2.06. The number of benzene rings is 1. The van der Waals surface area contributed by atoms with Crippen molar-refractivity contribution in [1.82, 2.24) is 14.8 Å². The van der Waals surface area contributed by atoms with Crippen molar-refractivity contribution >= 4 is 0 Å². The maximum Gasteiger partial charge on any atom is 0.435 e. The first-order chi connectivity index (χ1) is 10.1. The molecule has 0 spiro atoms. The van der Waals surface area contributed by atoms with Crippen LogP contribution >= 0.6 is 0 Å². The molecule has 3 rings (SSSR count). The second kappa shape index (κ2) is 5.05. The third-order valence-electron chi connectivity index (χ3n) is 2.91. The van der Waals surface area contributed by atoms with Crippen LogP contribution in [0.2, 0.25) is 0 Å². The van der Waals surface area contributed by atoms with Crippen LogP contribution in [0.4, 0.5) is 13.2 Å². The summed E-state index contributed by atoms with van der Waals surface area (Å²) in [4.78, 5) is 3.87. The monoisotopic (exact) mass is 288 g/mol. The highest BCUT2D eigenvalue weighted by molar-refractivity contribution is 5.62. The van der Waals surface area contributed by atoms with Crippen molar-refractivity contribution in [3.05, 3.63) is 66.6 Å².